The molecule has 0 unspecified atom stereocenters. The Morgan fingerprint density at radius 3 is 2.44 bits per heavy atom. The molecule has 0 bridgehead atoms. The van der Waals surface area contributed by atoms with Crippen molar-refractivity contribution < 1.29 is 28.0 Å². The molecule has 2 heterocycles. The van der Waals surface area contributed by atoms with E-state index in [1.165, 1.54) is 6.92 Å². The molecule has 2 aromatic heterocycles. The highest BCUT2D eigenvalue weighted by atomic mass is 16.5. The summed E-state index contributed by atoms with van der Waals surface area (Å²) < 4.78 is 15.9. The standard InChI is InChI=1S/C19H18N2O6/c1-4-25-19(24)13-10(3)26-18(14(13)16(20)22)21-17(23)15-9(2)11-7-5-6-8-12(11)27-15/h5-8H,4H2,1-3H3,(H2,20,22)(H,21,23). The average Bonchev–Trinajstić information content (AvgIpc) is 3.12. The largest absolute Gasteiger partial charge is 0.462 e. The Balaban J connectivity index is 2.00. The predicted molar refractivity (Wildman–Crippen MR) is 96.8 cm³/mol. The number of nitrogens with one attached hydrogen (secondary N) is 1. The molecule has 2 amide bonds. The van der Waals surface area contributed by atoms with Crippen molar-refractivity contribution >= 4 is 34.6 Å². The van der Waals surface area contributed by atoms with E-state index in [0.29, 0.717) is 11.1 Å². The van der Waals surface area contributed by atoms with Gasteiger partial charge in [0.25, 0.3) is 11.8 Å². The SMILES string of the molecule is CCOC(=O)c1c(C)oc(NC(=O)c2oc3ccccc3c2C)c1C(N)=O. The van der Waals surface area contributed by atoms with Crippen LogP contribution in [0.1, 0.15) is 49.5 Å². The summed E-state index contributed by atoms with van der Waals surface area (Å²) in [6, 6.07) is 7.19. The number of para-hydroxylation sites is 1. The van der Waals surface area contributed by atoms with Crippen LogP contribution in [0.25, 0.3) is 11.0 Å². The van der Waals surface area contributed by atoms with Crippen molar-refractivity contribution in [2.75, 3.05) is 11.9 Å². The average molecular weight is 370 g/mol. The van der Waals surface area contributed by atoms with Crippen molar-refractivity contribution in [2.24, 2.45) is 5.73 Å². The second-order valence-corrected chi connectivity index (χ2v) is 5.83. The van der Waals surface area contributed by atoms with Gasteiger partial charge >= 0.3 is 5.97 Å². The molecule has 3 rings (SSSR count). The first kappa shape index (κ1) is 18.2. The number of nitrogens with two attached hydrogens (primary N) is 1. The summed E-state index contributed by atoms with van der Waals surface area (Å²) in [6.07, 6.45) is 0. The maximum absolute atomic E-state index is 12.7. The first-order valence-electron chi connectivity index (χ1n) is 8.24. The molecular weight excluding hydrogens is 352 g/mol. The molecular formula is C19H18N2O6. The topological polar surface area (TPSA) is 125 Å². The summed E-state index contributed by atoms with van der Waals surface area (Å²) in [5, 5.41) is 3.25. The minimum atomic E-state index is -0.925. The van der Waals surface area contributed by atoms with Crippen LogP contribution in [-0.2, 0) is 4.74 Å². The van der Waals surface area contributed by atoms with Gasteiger partial charge < -0.3 is 19.3 Å². The highest BCUT2D eigenvalue weighted by molar-refractivity contribution is 6.13. The Labute approximate surface area is 154 Å². The number of fused-ring (bicyclic) bond motifs is 1. The molecule has 8 nitrogen and oxygen atoms in total. The molecule has 0 fully saturated rings. The fourth-order valence-corrected chi connectivity index (χ4v) is 2.87. The quantitative estimate of drug-likeness (QED) is 0.665. The van der Waals surface area contributed by atoms with Gasteiger partial charge in [-0.3, -0.25) is 14.9 Å². The molecule has 8 heteroatoms. The van der Waals surface area contributed by atoms with Gasteiger partial charge in [-0.1, -0.05) is 18.2 Å². The number of carbonyl (C=O) groups excluding carboxylic acids is 3. The van der Waals surface area contributed by atoms with Gasteiger partial charge in [-0.05, 0) is 26.8 Å². The van der Waals surface area contributed by atoms with E-state index in [-0.39, 0.29) is 35.1 Å². The van der Waals surface area contributed by atoms with Crippen molar-refractivity contribution in [1.29, 1.82) is 0 Å². The number of furan rings is 2. The molecule has 0 saturated carbocycles. The first-order valence-corrected chi connectivity index (χ1v) is 8.24. The van der Waals surface area contributed by atoms with Crippen LogP contribution in [0.5, 0.6) is 0 Å². The smallest absolute Gasteiger partial charge is 0.342 e. The van der Waals surface area contributed by atoms with Gasteiger partial charge in [-0.2, -0.15) is 0 Å². The van der Waals surface area contributed by atoms with Gasteiger partial charge in [0.1, 0.15) is 22.5 Å². The monoisotopic (exact) mass is 370 g/mol. The number of amides is 2. The molecule has 0 aliphatic heterocycles. The predicted octanol–water partition coefficient (Wildman–Crippen LogP) is 3.17. The van der Waals surface area contributed by atoms with Gasteiger partial charge in [-0.15, -0.1) is 0 Å². The molecule has 3 aromatic rings. The minimum Gasteiger partial charge on any atom is -0.462 e. The van der Waals surface area contributed by atoms with E-state index in [0.717, 1.165) is 5.39 Å². The number of esters is 1. The lowest BCUT2D eigenvalue weighted by Crippen LogP contribution is -2.20. The fraction of sp³-hybridized carbons (Fsp3) is 0.211. The Morgan fingerprint density at radius 1 is 1.11 bits per heavy atom. The maximum Gasteiger partial charge on any atom is 0.342 e. The molecule has 1 aromatic carbocycles. The van der Waals surface area contributed by atoms with Crippen molar-refractivity contribution in [2.45, 2.75) is 20.8 Å². The minimum absolute atomic E-state index is 0.0679. The van der Waals surface area contributed by atoms with Gasteiger partial charge in [0.05, 0.1) is 6.61 Å². The van der Waals surface area contributed by atoms with E-state index in [4.69, 9.17) is 19.3 Å². The van der Waals surface area contributed by atoms with Crippen molar-refractivity contribution in [1.82, 2.24) is 0 Å². The van der Waals surface area contributed by atoms with Crippen LogP contribution in [0.3, 0.4) is 0 Å². The summed E-state index contributed by atoms with van der Waals surface area (Å²) >= 11 is 0. The van der Waals surface area contributed by atoms with Crippen molar-refractivity contribution in [3.8, 4) is 0 Å². The molecule has 0 atom stereocenters. The maximum atomic E-state index is 12.7. The number of primary amides is 1. The fourth-order valence-electron chi connectivity index (χ4n) is 2.87. The highest BCUT2D eigenvalue weighted by Crippen LogP contribution is 2.30. The number of rotatable bonds is 5. The van der Waals surface area contributed by atoms with Crippen LogP contribution in [-0.4, -0.2) is 24.4 Å². The van der Waals surface area contributed by atoms with Gasteiger partial charge in [-0.25, -0.2) is 4.79 Å². The molecule has 0 radical (unpaired) electrons. The second kappa shape index (κ2) is 6.99. The molecule has 140 valence electrons. The van der Waals surface area contributed by atoms with E-state index in [1.54, 1.807) is 26.0 Å². The number of hydrogen-bond acceptors (Lipinski definition) is 6. The lowest BCUT2D eigenvalue weighted by atomic mass is 10.1. The molecule has 3 N–H and O–H groups in total. The Bertz CT molecular complexity index is 1060. The first-order chi connectivity index (χ1) is 12.8. The van der Waals surface area contributed by atoms with E-state index in [2.05, 4.69) is 5.32 Å². The highest BCUT2D eigenvalue weighted by Gasteiger charge is 2.30. The lowest BCUT2D eigenvalue weighted by Gasteiger charge is -2.04. The number of ether oxygens (including phenoxy) is 1. The lowest BCUT2D eigenvalue weighted by molar-refractivity contribution is 0.0521. The number of carbonyl (C=O) groups is 3. The van der Waals surface area contributed by atoms with Crippen molar-refractivity contribution in [3.63, 3.8) is 0 Å². The second-order valence-electron chi connectivity index (χ2n) is 5.83. The Kier molecular flexibility index (Phi) is 4.72. The molecule has 0 aliphatic carbocycles. The zero-order chi connectivity index (χ0) is 19.7. The number of hydrogen-bond donors (Lipinski definition) is 2. The van der Waals surface area contributed by atoms with Crippen LogP contribution < -0.4 is 11.1 Å². The summed E-state index contributed by atoms with van der Waals surface area (Å²) in [4.78, 5) is 36.6. The van der Waals surface area contributed by atoms with Crippen LogP contribution in [0.2, 0.25) is 0 Å². The molecule has 0 saturated heterocycles. The summed E-state index contributed by atoms with van der Waals surface area (Å²) in [6.45, 7) is 4.96. The van der Waals surface area contributed by atoms with E-state index < -0.39 is 17.8 Å². The van der Waals surface area contributed by atoms with E-state index in [1.807, 2.05) is 12.1 Å². The molecule has 27 heavy (non-hydrogen) atoms. The van der Waals surface area contributed by atoms with Crippen LogP contribution in [0, 0.1) is 13.8 Å². The Hall–Kier alpha value is -3.55. The molecule has 0 spiro atoms. The third kappa shape index (κ3) is 3.17. The Morgan fingerprint density at radius 2 is 1.81 bits per heavy atom. The van der Waals surface area contributed by atoms with E-state index in [9.17, 15) is 14.4 Å². The van der Waals surface area contributed by atoms with E-state index >= 15 is 0 Å². The van der Waals surface area contributed by atoms with Gasteiger partial charge in [0, 0.05) is 10.9 Å². The zero-order valence-corrected chi connectivity index (χ0v) is 15.0. The zero-order valence-electron chi connectivity index (χ0n) is 15.0. The van der Waals surface area contributed by atoms with Gasteiger partial charge in [0.15, 0.2) is 5.76 Å². The molecule has 0 aliphatic rings. The van der Waals surface area contributed by atoms with Crippen molar-refractivity contribution in [3.05, 3.63) is 52.5 Å². The number of anilines is 1. The number of aryl methyl sites for hydroxylation is 2. The van der Waals surface area contributed by atoms with Crippen LogP contribution in [0.15, 0.2) is 33.1 Å². The third-order valence-corrected chi connectivity index (χ3v) is 4.09. The van der Waals surface area contributed by atoms with Gasteiger partial charge in [0.2, 0.25) is 5.88 Å². The summed E-state index contributed by atoms with van der Waals surface area (Å²) in [5.74, 6) is -2.36. The summed E-state index contributed by atoms with van der Waals surface area (Å²) in [5.41, 5.74) is 6.22. The normalized spacial score (nSPS) is 10.8. The number of benzene rings is 1. The summed E-state index contributed by atoms with van der Waals surface area (Å²) in [7, 11) is 0. The van der Waals surface area contributed by atoms with Crippen LogP contribution >= 0.6 is 0 Å². The van der Waals surface area contributed by atoms with Crippen LogP contribution in [0.4, 0.5) is 5.88 Å². The third-order valence-electron chi connectivity index (χ3n) is 4.09.